The lowest BCUT2D eigenvalue weighted by Gasteiger charge is -2.29. The number of hydrogen-bond donors (Lipinski definition) is 1. The van der Waals surface area contributed by atoms with E-state index in [0.29, 0.717) is 18.4 Å². The molecule has 1 N–H and O–H groups in total. The van der Waals surface area contributed by atoms with Crippen molar-refractivity contribution in [3.05, 3.63) is 34.9 Å². The fraction of sp³-hybridized carbons (Fsp3) is 0.500. The maximum atomic E-state index is 12.3. The molecule has 1 aliphatic carbocycles. The van der Waals surface area contributed by atoms with Crippen LogP contribution in [0.25, 0.3) is 0 Å². The van der Waals surface area contributed by atoms with E-state index in [2.05, 4.69) is 17.3 Å². The summed E-state index contributed by atoms with van der Waals surface area (Å²) in [5.74, 6) is 0.231. The molecule has 1 fully saturated rings. The van der Waals surface area contributed by atoms with E-state index in [4.69, 9.17) is 0 Å². The van der Waals surface area contributed by atoms with Crippen LogP contribution in [-0.2, 0) is 17.6 Å². The van der Waals surface area contributed by atoms with Crippen molar-refractivity contribution in [1.29, 1.82) is 0 Å². The van der Waals surface area contributed by atoms with Gasteiger partial charge in [0.05, 0.1) is 0 Å². The Kier molecular flexibility index (Phi) is 3.57. The fourth-order valence-corrected chi connectivity index (χ4v) is 3.01. The van der Waals surface area contributed by atoms with Crippen LogP contribution >= 0.6 is 0 Å². The SMILES string of the molecule is CN1CCC(NC(=O)c2ccc3c(c2)CC(=O)C3)CC1. The van der Waals surface area contributed by atoms with E-state index in [1.165, 1.54) is 0 Å². The summed E-state index contributed by atoms with van der Waals surface area (Å²) in [5.41, 5.74) is 2.77. The number of hydrogen-bond acceptors (Lipinski definition) is 3. The first kappa shape index (κ1) is 13.3. The molecule has 1 heterocycles. The fourth-order valence-electron chi connectivity index (χ4n) is 3.01. The Bertz CT molecular complexity index is 545. The Morgan fingerprint density at radius 1 is 1.20 bits per heavy atom. The van der Waals surface area contributed by atoms with Crippen LogP contribution in [0.2, 0.25) is 0 Å². The van der Waals surface area contributed by atoms with Crippen LogP contribution in [0.5, 0.6) is 0 Å². The summed E-state index contributed by atoms with van der Waals surface area (Å²) in [5, 5.41) is 3.11. The van der Waals surface area contributed by atoms with Crippen LogP contribution in [0.1, 0.15) is 34.3 Å². The van der Waals surface area contributed by atoms with Gasteiger partial charge in [0, 0.05) is 24.4 Å². The van der Waals surface area contributed by atoms with Crippen molar-refractivity contribution < 1.29 is 9.59 Å². The van der Waals surface area contributed by atoms with Crippen LogP contribution in [0, 0.1) is 0 Å². The molecule has 3 rings (SSSR count). The Hall–Kier alpha value is -1.68. The zero-order valence-corrected chi connectivity index (χ0v) is 11.8. The van der Waals surface area contributed by atoms with Crippen molar-refractivity contribution in [3.63, 3.8) is 0 Å². The lowest BCUT2D eigenvalue weighted by atomic mass is 10.0. The summed E-state index contributed by atoms with van der Waals surface area (Å²) in [6, 6.07) is 5.91. The molecule has 0 bridgehead atoms. The Labute approximate surface area is 119 Å². The van der Waals surface area contributed by atoms with Crippen LogP contribution in [0.4, 0.5) is 0 Å². The first-order valence-electron chi connectivity index (χ1n) is 7.25. The van der Waals surface area contributed by atoms with Crippen molar-refractivity contribution >= 4 is 11.7 Å². The molecule has 0 saturated carbocycles. The van der Waals surface area contributed by atoms with Gasteiger partial charge in [-0.2, -0.15) is 0 Å². The minimum Gasteiger partial charge on any atom is -0.349 e. The molecule has 0 unspecified atom stereocenters. The summed E-state index contributed by atoms with van der Waals surface area (Å²) in [6.07, 6.45) is 3.01. The molecule has 1 aliphatic heterocycles. The van der Waals surface area contributed by atoms with Gasteiger partial charge in [-0.05, 0) is 56.2 Å². The first-order valence-corrected chi connectivity index (χ1v) is 7.25. The lowest BCUT2D eigenvalue weighted by Crippen LogP contribution is -2.43. The van der Waals surface area contributed by atoms with E-state index in [-0.39, 0.29) is 17.7 Å². The smallest absolute Gasteiger partial charge is 0.251 e. The highest BCUT2D eigenvalue weighted by Gasteiger charge is 2.22. The summed E-state index contributed by atoms with van der Waals surface area (Å²) in [6.45, 7) is 2.06. The van der Waals surface area contributed by atoms with E-state index in [1.807, 2.05) is 18.2 Å². The predicted molar refractivity (Wildman–Crippen MR) is 76.8 cm³/mol. The van der Waals surface area contributed by atoms with Crippen molar-refractivity contribution in [2.24, 2.45) is 0 Å². The average Bonchev–Trinajstić information content (AvgIpc) is 2.80. The highest BCUT2D eigenvalue weighted by molar-refractivity contribution is 5.96. The molecule has 4 heteroatoms. The molecule has 0 atom stereocenters. The maximum absolute atomic E-state index is 12.3. The second-order valence-corrected chi connectivity index (χ2v) is 5.93. The van der Waals surface area contributed by atoms with Gasteiger partial charge >= 0.3 is 0 Å². The molecule has 20 heavy (non-hydrogen) atoms. The molecule has 1 amide bonds. The molecule has 0 spiro atoms. The number of nitrogens with zero attached hydrogens (tertiary/aromatic N) is 1. The number of amides is 1. The number of benzene rings is 1. The molecule has 2 aliphatic rings. The molecule has 0 radical (unpaired) electrons. The number of nitrogens with one attached hydrogen (secondary N) is 1. The summed E-state index contributed by atoms with van der Waals surface area (Å²) < 4.78 is 0. The number of ketones is 1. The number of piperidine rings is 1. The topological polar surface area (TPSA) is 49.4 Å². The number of carbonyl (C=O) groups excluding carboxylic acids is 2. The number of likely N-dealkylation sites (tertiary alicyclic amines) is 1. The third kappa shape index (κ3) is 2.75. The third-order valence-electron chi connectivity index (χ3n) is 4.30. The van der Waals surface area contributed by atoms with Gasteiger partial charge < -0.3 is 10.2 Å². The number of fused-ring (bicyclic) bond motifs is 1. The lowest BCUT2D eigenvalue weighted by molar-refractivity contribution is -0.117. The van der Waals surface area contributed by atoms with Crippen molar-refractivity contribution in [3.8, 4) is 0 Å². The standard InChI is InChI=1S/C16H20N2O2/c1-18-6-4-14(5-7-18)17-16(20)12-3-2-11-9-15(19)10-13(11)8-12/h2-3,8,14H,4-7,9-10H2,1H3,(H,17,20). The molecule has 4 nitrogen and oxygen atoms in total. The van der Waals surface area contributed by atoms with Crippen LogP contribution < -0.4 is 5.32 Å². The molecule has 1 saturated heterocycles. The monoisotopic (exact) mass is 272 g/mol. The highest BCUT2D eigenvalue weighted by Crippen LogP contribution is 2.21. The Balaban J connectivity index is 1.66. The zero-order valence-electron chi connectivity index (χ0n) is 11.8. The largest absolute Gasteiger partial charge is 0.349 e. The van der Waals surface area contributed by atoms with Crippen molar-refractivity contribution in [2.75, 3.05) is 20.1 Å². The normalized spacial score (nSPS) is 19.9. The van der Waals surface area contributed by atoms with Gasteiger partial charge in [-0.15, -0.1) is 0 Å². The molecule has 1 aromatic carbocycles. The van der Waals surface area contributed by atoms with Crippen molar-refractivity contribution in [1.82, 2.24) is 10.2 Å². The minimum absolute atomic E-state index is 0.0123. The Morgan fingerprint density at radius 2 is 1.90 bits per heavy atom. The van der Waals surface area contributed by atoms with E-state index < -0.39 is 0 Å². The number of rotatable bonds is 2. The summed E-state index contributed by atoms with van der Waals surface area (Å²) >= 11 is 0. The summed E-state index contributed by atoms with van der Waals surface area (Å²) in [4.78, 5) is 26.0. The molecule has 106 valence electrons. The zero-order chi connectivity index (χ0) is 14.1. The second kappa shape index (κ2) is 5.37. The predicted octanol–water partition coefficient (Wildman–Crippen LogP) is 1.18. The van der Waals surface area contributed by atoms with E-state index in [1.54, 1.807) is 0 Å². The maximum Gasteiger partial charge on any atom is 0.251 e. The van der Waals surface area contributed by atoms with E-state index in [9.17, 15) is 9.59 Å². The van der Waals surface area contributed by atoms with Gasteiger partial charge in [0.2, 0.25) is 0 Å². The van der Waals surface area contributed by atoms with Gasteiger partial charge in [0.15, 0.2) is 0 Å². The van der Waals surface area contributed by atoms with Gasteiger partial charge in [0.1, 0.15) is 5.78 Å². The van der Waals surface area contributed by atoms with Gasteiger partial charge in [0.25, 0.3) is 5.91 Å². The average molecular weight is 272 g/mol. The minimum atomic E-state index is -0.0123. The van der Waals surface area contributed by atoms with Crippen LogP contribution in [0.3, 0.4) is 0 Å². The number of Topliss-reactive ketones (excluding diaryl/α,β-unsaturated/α-hetero) is 1. The van der Waals surface area contributed by atoms with Gasteiger partial charge in [-0.1, -0.05) is 6.07 Å². The van der Waals surface area contributed by atoms with Crippen LogP contribution in [0.15, 0.2) is 18.2 Å². The van der Waals surface area contributed by atoms with E-state index in [0.717, 1.165) is 37.1 Å². The van der Waals surface area contributed by atoms with Gasteiger partial charge in [-0.3, -0.25) is 9.59 Å². The number of carbonyl (C=O) groups is 2. The molecule has 0 aromatic heterocycles. The Morgan fingerprint density at radius 3 is 2.65 bits per heavy atom. The van der Waals surface area contributed by atoms with Gasteiger partial charge in [-0.25, -0.2) is 0 Å². The highest BCUT2D eigenvalue weighted by atomic mass is 16.1. The van der Waals surface area contributed by atoms with Crippen LogP contribution in [-0.4, -0.2) is 42.8 Å². The third-order valence-corrected chi connectivity index (χ3v) is 4.30. The van der Waals surface area contributed by atoms with Crippen molar-refractivity contribution in [2.45, 2.75) is 31.7 Å². The molecular weight excluding hydrogens is 252 g/mol. The molecule has 1 aromatic rings. The first-order chi connectivity index (χ1) is 9.61. The summed E-state index contributed by atoms with van der Waals surface area (Å²) in [7, 11) is 2.11. The second-order valence-electron chi connectivity index (χ2n) is 5.93. The quantitative estimate of drug-likeness (QED) is 0.879. The van der Waals surface area contributed by atoms with E-state index >= 15 is 0 Å². The molecular formula is C16H20N2O2.